The van der Waals surface area contributed by atoms with Gasteiger partial charge >= 0.3 is 5.97 Å². The third-order valence-corrected chi connectivity index (χ3v) is 5.84. The van der Waals surface area contributed by atoms with Crippen molar-refractivity contribution in [3.63, 3.8) is 0 Å². The highest BCUT2D eigenvalue weighted by atomic mass is 35.5. The first-order valence-electron chi connectivity index (χ1n) is 7.60. The Morgan fingerprint density at radius 1 is 1.11 bits per heavy atom. The number of rotatable bonds is 6. The number of aryl methyl sites for hydroxylation is 1. The van der Waals surface area contributed by atoms with Crippen LogP contribution in [0.15, 0.2) is 41.3 Å². The Hall–Kier alpha value is -2.29. The van der Waals surface area contributed by atoms with Gasteiger partial charge in [-0.05, 0) is 49.7 Å². The lowest BCUT2D eigenvalue weighted by molar-refractivity contribution is -0.125. The topological polar surface area (TPSA) is 116 Å². The average Bonchev–Trinajstić information content (AvgIpc) is 2.57. The quantitative estimate of drug-likeness (QED) is 0.682. The van der Waals surface area contributed by atoms with E-state index >= 15 is 0 Å². The highest BCUT2D eigenvalue weighted by Gasteiger charge is 2.23. The Balaban J connectivity index is 2.34. The number of anilines is 1. The van der Waals surface area contributed by atoms with Crippen LogP contribution < -0.4 is 10.5 Å². The number of nitrogens with two attached hydrogens (primary N) is 1. The largest absolute Gasteiger partial charge is 0.449 e. The summed E-state index contributed by atoms with van der Waals surface area (Å²) >= 11 is 12.0. The van der Waals surface area contributed by atoms with E-state index in [4.69, 9.17) is 33.7 Å². The molecule has 0 radical (unpaired) electrons. The second-order valence-corrected chi connectivity index (χ2v) is 8.13. The molecule has 7 nitrogen and oxygen atoms in total. The van der Waals surface area contributed by atoms with Gasteiger partial charge in [0.15, 0.2) is 6.10 Å². The average molecular weight is 431 g/mol. The van der Waals surface area contributed by atoms with Crippen LogP contribution in [0.3, 0.4) is 0 Å². The fraction of sp³-hybridized carbons (Fsp3) is 0.176. The fourth-order valence-electron chi connectivity index (χ4n) is 1.99. The molecule has 0 spiro atoms. The van der Waals surface area contributed by atoms with Crippen molar-refractivity contribution < 1.29 is 22.7 Å². The normalized spacial score (nSPS) is 12.3. The zero-order chi connectivity index (χ0) is 20.4. The number of amides is 1. The number of hydrogen-bond donors (Lipinski definition) is 2. The van der Waals surface area contributed by atoms with Gasteiger partial charge in [-0.25, -0.2) is 13.2 Å². The molecule has 1 atom stereocenters. The van der Waals surface area contributed by atoms with Gasteiger partial charge in [0.1, 0.15) is 4.90 Å². The van der Waals surface area contributed by atoms with Crippen LogP contribution in [-0.2, 0) is 19.6 Å². The molecule has 0 saturated carbocycles. The van der Waals surface area contributed by atoms with E-state index in [1.54, 1.807) is 19.1 Å². The van der Waals surface area contributed by atoms with Gasteiger partial charge in [-0.3, -0.25) is 9.52 Å². The number of ether oxygens (including phenoxy) is 1. The van der Waals surface area contributed by atoms with E-state index in [1.807, 2.05) is 0 Å². The maximum atomic E-state index is 12.7. The van der Waals surface area contributed by atoms with Crippen LogP contribution in [0.5, 0.6) is 0 Å². The Kier molecular flexibility index (Phi) is 6.35. The van der Waals surface area contributed by atoms with E-state index < -0.39 is 28.0 Å². The Morgan fingerprint density at radius 2 is 1.78 bits per heavy atom. The Bertz CT molecular complexity index is 1010. The second kappa shape index (κ2) is 8.16. The van der Waals surface area contributed by atoms with Crippen molar-refractivity contribution in [1.82, 2.24) is 0 Å². The van der Waals surface area contributed by atoms with Gasteiger partial charge in [-0.15, -0.1) is 0 Å². The van der Waals surface area contributed by atoms with Crippen LogP contribution in [0, 0.1) is 6.92 Å². The summed E-state index contributed by atoms with van der Waals surface area (Å²) in [6.07, 6.45) is -1.17. The number of primary amides is 1. The lowest BCUT2D eigenvalue weighted by Gasteiger charge is -2.13. The van der Waals surface area contributed by atoms with Gasteiger partial charge in [-0.1, -0.05) is 29.3 Å². The minimum absolute atomic E-state index is 0.0970. The summed E-state index contributed by atoms with van der Waals surface area (Å²) in [4.78, 5) is 22.8. The van der Waals surface area contributed by atoms with E-state index in [0.717, 1.165) is 11.6 Å². The van der Waals surface area contributed by atoms with Crippen LogP contribution in [0.2, 0.25) is 10.0 Å². The molecule has 0 aliphatic carbocycles. The number of sulfonamides is 1. The van der Waals surface area contributed by atoms with Gasteiger partial charge in [0.2, 0.25) is 0 Å². The maximum absolute atomic E-state index is 12.7. The van der Waals surface area contributed by atoms with Gasteiger partial charge in [0.25, 0.3) is 15.9 Å². The molecule has 0 aliphatic heterocycles. The Morgan fingerprint density at radius 3 is 2.37 bits per heavy atom. The standard InChI is InChI=1S/C17H16Cl2N2O5S/c1-9-3-5-12(8-14(9)19)21-27(24,25)15-7-11(4-6-13(15)18)17(23)26-10(2)16(20)22/h3-8,10,21H,1-2H3,(H2,20,22)/t10-/m1/s1. The van der Waals surface area contributed by atoms with Crippen molar-refractivity contribution in [2.45, 2.75) is 24.8 Å². The number of benzene rings is 2. The molecule has 0 heterocycles. The van der Waals surface area contributed by atoms with Gasteiger partial charge in [-0.2, -0.15) is 0 Å². The Labute approximate surface area is 166 Å². The molecule has 0 unspecified atom stereocenters. The van der Waals surface area contributed by atoms with E-state index in [2.05, 4.69) is 4.72 Å². The van der Waals surface area contributed by atoms with E-state index in [-0.39, 0.29) is 21.2 Å². The zero-order valence-corrected chi connectivity index (χ0v) is 16.7. The first-order chi connectivity index (χ1) is 12.5. The summed E-state index contributed by atoms with van der Waals surface area (Å²) in [5.41, 5.74) is 5.95. The number of carbonyl (C=O) groups excluding carboxylic acids is 2. The van der Waals surface area contributed by atoms with Crippen molar-refractivity contribution in [3.05, 3.63) is 57.6 Å². The van der Waals surface area contributed by atoms with Crippen LogP contribution in [0.4, 0.5) is 5.69 Å². The van der Waals surface area contributed by atoms with Gasteiger partial charge < -0.3 is 10.5 Å². The molecule has 2 aromatic rings. The molecule has 1 amide bonds. The van der Waals surface area contributed by atoms with Gasteiger partial charge in [0.05, 0.1) is 16.3 Å². The zero-order valence-electron chi connectivity index (χ0n) is 14.3. The molecule has 2 aromatic carbocycles. The summed E-state index contributed by atoms with van der Waals surface area (Å²) in [5, 5.41) is 0.291. The molecule has 144 valence electrons. The minimum atomic E-state index is -4.11. The van der Waals surface area contributed by atoms with E-state index in [1.165, 1.54) is 25.1 Å². The molecular formula is C17H16Cl2N2O5S. The summed E-state index contributed by atoms with van der Waals surface area (Å²) < 4.78 is 32.5. The molecular weight excluding hydrogens is 415 g/mol. The molecule has 0 aromatic heterocycles. The monoisotopic (exact) mass is 430 g/mol. The predicted molar refractivity (Wildman–Crippen MR) is 103 cm³/mol. The van der Waals surface area contributed by atoms with Crippen molar-refractivity contribution >= 4 is 50.8 Å². The first-order valence-corrected chi connectivity index (χ1v) is 9.84. The summed E-state index contributed by atoms with van der Waals surface area (Å²) in [6.45, 7) is 3.08. The lowest BCUT2D eigenvalue weighted by Crippen LogP contribution is -2.30. The van der Waals surface area contributed by atoms with Crippen LogP contribution in [-0.4, -0.2) is 26.4 Å². The number of carbonyl (C=O) groups is 2. The summed E-state index contributed by atoms with van der Waals surface area (Å²) in [5.74, 6) is -1.74. The molecule has 27 heavy (non-hydrogen) atoms. The van der Waals surface area contributed by atoms with E-state index in [9.17, 15) is 18.0 Å². The molecule has 3 N–H and O–H groups in total. The molecule has 10 heteroatoms. The van der Waals surface area contributed by atoms with Crippen molar-refractivity contribution in [2.24, 2.45) is 5.73 Å². The van der Waals surface area contributed by atoms with Crippen molar-refractivity contribution in [1.29, 1.82) is 0 Å². The van der Waals surface area contributed by atoms with Gasteiger partial charge in [0, 0.05) is 5.02 Å². The van der Waals surface area contributed by atoms with Crippen LogP contribution in [0.1, 0.15) is 22.8 Å². The lowest BCUT2D eigenvalue weighted by atomic mass is 10.2. The smallest absolute Gasteiger partial charge is 0.338 e. The van der Waals surface area contributed by atoms with Crippen LogP contribution in [0.25, 0.3) is 0 Å². The predicted octanol–water partition coefficient (Wildman–Crippen LogP) is 3.13. The molecule has 2 rings (SSSR count). The number of halogens is 2. The van der Waals surface area contributed by atoms with Crippen molar-refractivity contribution in [2.75, 3.05) is 4.72 Å². The molecule has 0 aliphatic rings. The summed E-state index contributed by atoms with van der Waals surface area (Å²) in [6, 6.07) is 8.22. The highest BCUT2D eigenvalue weighted by Crippen LogP contribution is 2.27. The van der Waals surface area contributed by atoms with Crippen molar-refractivity contribution in [3.8, 4) is 0 Å². The second-order valence-electron chi connectivity index (χ2n) is 5.66. The number of hydrogen-bond acceptors (Lipinski definition) is 5. The third kappa shape index (κ3) is 5.12. The molecule has 0 bridgehead atoms. The fourth-order valence-corrected chi connectivity index (χ4v) is 3.75. The molecule has 0 fully saturated rings. The number of esters is 1. The summed E-state index contributed by atoms with van der Waals surface area (Å²) in [7, 11) is -4.11. The maximum Gasteiger partial charge on any atom is 0.338 e. The third-order valence-electron chi connectivity index (χ3n) is 3.56. The van der Waals surface area contributed by atoms with E-state index in [0.29, 0.717) is 5.02 Å². The SMILES string of the molecule is Cc1ccc(NS(=O)(=O)c2cc(C(=O)O[C@H](C)C(N)=O)ccc2Cl)cc1Cl. The number of nitrogens with one attached hydrogen (secondary N) is 1. The first kappa shape index (κ1) is 21.0. The minimum Gasteiger partial charge on any atom is -0.449 e. The van der Waals surface area contributed by atoms with Crippen LogP contribution >= 0.6 is 23.2 Å². The highest BCUT2D eigenvalue weighted by molar-refractivity contribution is 7.92. The molecule has 0 saturated heterocycles.